The second kappa shape index (κ2) is 5.88. The number of carbonyl (C=O) groups is 1. The van der Waals surface area contributed by atoms with Gasteiger partial charge in [0.15, 0.2) is 5.82 Å². The van der Waals surface area contributed by atoms with E-state index in [1.807, 2.05) is 12.1 Å². The van der Waals surface area contributed by atoms with E-state index in [1.54, 1.807) is 12.1 Å². The highest BCUT2D eigenvalue weighted by Gasteiger charge is 2.10. The Morgan fingerprint density at radius 3 is 2.78 bits per heavy atom. The largest absolute Gasteiger partial charge is 0.481 e. The summed E-state index contributed by atoms with van der Waals surface area (Å²) in [6, 6.07) is 7.39. The smallest absolute Gasteiger partial charge is 0.312 e. The molecule has 1 aromatic heterocycles. The van der Waals surface area contributed by atoms with Crippen LogP contribution in [0.2, 0.25) is 5.02 Å². The zero-order valence-corrected chi connectivity index (χ0v) is 10.7. The minimum atomic E-state index is -0.990. The molecule has 1 aromatic carbocycles. The van der Waals surface area contributed by atoms with E-state index >= 15 is 0 Å². The first-order valence-electron chi connectivity index (χ1n) is 5.05. The van der Waals surface area contributed by atoms with Crippen molar-refractivity contribution in [1.29, 1.82) is 0 Å². The zero-order valence-electron chi connectivity index (χ0n) is 9.17. The van der Waals surface area contributed by atoms with Gasteiger partial charge in [0.1, 0.15) is 6.42 Å². The maximum Gasteiger partial charge on any atom is 0.312 e. The molecule has 0 saturated carbocycles. The molecular weight excluding hydrogens is 276 g/mol. The van der Waals surface area contributed by atoms with Crippen molar-refractivity contribution in [2.75, 3.05) is 0 Å². The quantitative estimate of drug-likeness (QED) is 0.851. The van der Waals surface area contributed by atoms with Crippen molar-refractivity contribution in [1.82, 2.24) is 10.1 Å². The first-order valence-corrected chi connectivity index (χ1v) is 6.41. The summed E-state index contributed by atoms with van der Waals surface area (Å²) in [4.78, 5) is 15.5. The van der Waals surface area contributed by atoms with Gasteiger partial charge in [-0.05, 0) is 24.3 Å². The van der Waals surface area contributed by atoms with Crippen LogP contribution in [0.15, 0.2) is 33.7 Å². The molecule has 1 heterocycles. The van der Waals surface area contributed by atoms with Crippen LogP contribution in [0.25, 0.3) is 0 Å². The van der Waals surface area contributed by atoms with Crippen molar-refractivity contribution >= 4 is 29.3 Å². The van der Waals surface area contributed by atoms with Crippen LogP contribution in [0.1, 0.15) is 11.7 Å². The molecule has 2 aromatic rings. The van der Waals surface area contributed by atoms with E-state index in [-0.39, 0.29) is 12.3 Å². The molecule has 0 aliphatic rings. The first kappa shape index (κ1) is 12.9. The molecule has 0 aliphatic carbocycles. The zero-order chi connectivity index (χ0) is 13.0. The lowest BCUT2D eigenvalue weighted by molar-refractivity contribution is -0.136. The average molecular weight is 285 g/mol. The van der Waals surface area contributed by atoms with Crippen molar-refractivity contribution in [2.45, 2.75) is 17.1 Å². The summed E-state index contributed by atoms with van der Waals surface area (Å²) in [5.41, 5.74) is 0. The van der Waals surface area contributed by atoms with Crippen LogP contribution in [0.5, 0.6) is 0 Å². The van der Waals surface area contributed by atoms with Crippen LogP contribution in [-0.2, 0) is 17.0 Å². The normalized spacial score (nSPS) is 10.5. The monoisotopic (exact) mass is 284 g/mol. The van der Waals surface area contributed by atoms with E-state index in [2.05, 4.69) is 10.1 Å². The number of nitrogens with zero attached hydrogens (tertiary/aromatic N) is 2. The number of halogens is 1. The molecule has 18 heavy (non-hydrogen) atoms. The SMILES string of the molecule is O=C(O)Cc1nc(CSc2ccc(Cl)cc2)no1. The van der Waals surface area contributed by atoms with Crippen molar-refractivity contribution in [3.05, 3.63) is 41.0 Å². The maximum absolute atomic E-state index is 10.4. The lowest BCUT2D eigenvalue weighted by atomic mass is 10.4. The molecule has 0 aliphatic heterocycles. The van der Waals surface area contributed by atoms with Gasteiger partial charge < -0.3 is 9.63 Å². The van der Waals surface area contributed by atoms with Gasteiger partial charge in [0.05, 0.1) is 5.75 Å². The summed E-state index contributed by atoms with van der Waals surface area (Å²) in [5, 5.41) is 13.0. The van der Waals surface area contributed by atoms with E-state index in [1.165, 1.54) is 11.8 Å². The number of rotatable bonds is 5. The van der Waals surface area contributed by atoms with Gasteiger partial charge in [-0.2, -0.15) is 4.98 Å². The van der Waals surface area contributed by atoms with Crippen LogP contribution in [-0.4, -0.2) is 21.2 Å². The number of aromatic nitrogens is 2. The lowest BCUT2D eigenvalue weighted by Crippen LogP contribution is -2.00. The minimum absolute atomic E-state index is 0.120. The molecule has 0 bridgehead atoms. The molecule has 0 spiro atoms. The topological polar surface area (TPSA) is 76.2 Å². The third-order valence-corrected chi connectivity index (χ3v) is 3.25. The van der Waals surface area contributed by atoms with Gasteiger partial charge in [-0.15, -0.1) is 11.8 Å². The molecule has 0 atom stereocenters. The first-order chi connectivity index (χ1) is 8.63. The highest BCUT2D eigenvalue weighted by atomic mass is 35.5. The summed E-state index contributed by atoms with van der Waals surface area (Å²) in [6.07, 6.45) is -0.251. The number of hydrogen-bond donors (Lipinski definition) is 1. The minimum Gasteiger partial charge on any atom is -0.481 e. The standard InChI is InChI=1S/C11H9ClN2O3S/c12-7-1-3-8(4-2-7)18-6-9-13-10(17-14-9)5-11(15)16/h1-4H,5-6H2,(H,15,16). The fraction of sp³-hybridized carbons (Fsp3) is 0.182. The van der Waals surface area contributed by atoms with E-state index < -0.39 is 5.97 Å². The molecule has 2 rings (SSSR count). The lowest BCUT2D eigenvalue weighted by Gasteiger charge is -1.97. The number of carboxylic acids is 1. The Bertz CT molecular complexity index is 541. The molecule has 1 N–H and O–H groups in total. The van der Waals surface area contributed by atoms with Gasteiger partial charge >= 0.3 is 5.97 Å². The summed E-state index contributed by atoms with van der Waals surface area (Å²) >= 11 is 7.30. The second-order valence-corrected chi connectivity index (χ2v) is 4.90. The van der Waals surface area contributed by atoms with Gasteiger partial charge in [-0.3, -0.25) is 4.79 Å². The Balaban J connectivity index is 1.92. The Morgan fingerprint density at radius 1 is 1.39 bits per heavy atom. The van der Waals surface area contributed by atoms with Gasteiger partial charge in [0.25, 0.3) is 0 Å². The van der Waals surface area contributed by atoms with E-state index in [9.17, 15) is 4.79 Å². The highest BCUT2D eigenvalue weighted by Crippen LogP contribution is 2.23. The van der Waals surface area contributed by atoms with Crippen LogP contribution in [0, 0.1) is 0 Å². The maximum atomic E-state index is 10.4. The molecule has 0 fully saturated rings. The van der Waals surface area contributed by atoms with E-state index in [0.29, 0.717) is 16.6 Å². The van der Waals surface area contributed by atoms with Crippen molar-refractivity contribution in [3.63, 3.8) is 0 Å². The molecule has 0 radical (unpaired) electrons. The van der Waals surface area contributed by atoms with Gasteiger partial charge in [-0.1, -0.05) is 16.8 Å². The number of benzene rings is 1. The molecule has 5 nitrogen and oxygen atoms in total. The average Bonchev–Trinajstić information content (AvgIpc) is 2.75. The number of thioether (sulfide) groups is 1. The van der Waals surface area contributed by atoms with Gasteiger partial charge in [0.2, 0.25) is 5.89 Å². The van der Waals surface area contributed by atoms with Crippen LogP contribution >= 0.6 is 23.4 Å². The molecule has 0 amide bonds. The Morgan fingerprint density at radius 2 is 2.11 bits per heavy atom. The van der Waals surface area contributed by atoms with Crippen molar-refractivity contribution in [2.24, 2.45) is 0 Å². The number of carboxylic acid groups (broad SMARTS) is 1. The van der Waals surface area contributed by atoms with E-state index in [0.717, 1.165) is 4.90 Å². The predicted octanol–water partition coefficient (Wildman–Crippen LogP) is 2.64. The Kier molecular flexibility index (Phi) is 4.22. The molecular formula is C11H9ClN2O3S. The fourth-order valence-corrected chi connectivity index (χ4v) is 2.10. The van der Waals surface area contributed by atoms with Crippen molar-refractivity contribution < 1.29 is 14.4 Å². The van der Waals surface area contributed by atoms with Crippen LogP contribution in [0.4, 0.5) is 0 Å². The second-order valence-electron chi connectivity index (χ2n) is 3.42. The molecule has 94 valence electrons. The molecule has 0 saturated heterocycles. The number of hydrogen-bond acceptors (Lipinski definition) is 5. The van der Waals surface area contributed by atoms with E-state index in [4.69, 9.17) is 21.2 Å². The third kappa shape index (κ3) is 3.75. The Labute approximate surface area is 112 Å². The predicted molar refractivity (Wildman–Crippen MR) is 66.7 cm³/mol. The summed E-state index contributed by atoms with van der Waals surface area (Å²) < 4.78 is 4.81. The summed E-state index contributed by atoms with van der Waals surface area (Å²) in [5.74, 6) is 0.126. The van der Waals surface area contributed by atoms with Crippen molar-refractivity contribution in [3.8, 4) is 0 Å². The molecule has 7 heteroatoms. The summed E-state index contributed by atoms with van der Waals surface area (Å²) in [7, 11) is 0. The fourth-order valence-electron chi connectivity index (χ4n) is 1.23. The van der Waals surface area contributed by atoms with Gasteiger partial charge in [-0.25, -0.2) is 0 Å². The van der Waals surface area contributed by atoms with Crippen LogP contribution < -0.4 is 0 Å². The Hall–Kier alpha value is -1.53. The number of aliphatic carboxylic acids is 1. The highest BCUT2D eigenvalue weighted by molar-refractivity contribution is 7.98. The van der Waals surface area contributed by atoms with Crippen LogP contribution in [0.3, 0.4) is 0 Å². The summed E-state index contributed by atoms with van der Waals surface area (Å²) in [6.45, 7) is 0. The van der Waals surface area contributed by atoms with Gasteiger partial charge in [0, 0.05) is 9.92 Å². The third-order valence-electron chi connectivity index (χ3n) is 1.99. The molecule has 0 unspecified atom stereocenters.